The smallest absolute Gasteiger partial charge is 0.278 e. The molecular formula is C25H29FN4O2. The van der Waals surface area contributed by atoms with Gasteiger partial charge in [-0.1, -0.05) is 26.0 Å². The Morgan fingerprint density at radius 3 is 2.12 bits per heavy atom. The minimum absolute atomic E-state index is 0.236. The van der Waals surface area contributed by atoms with E-state index in [9.17, 15) is 14.0 Å². The molecule has 1 fully saturated rings. The molecule has 0 radical (unpaired) electrons. The second-order valence-electron chi connectivity index (χ2n) is 8.11. The van der Waals surface area contributed by atoms with Gasteiger partial charge in [-0.3, -0.25) is 14.5 Å². The largest absolute Gasteiger partial charge is 0.369 e. The average Bonchev–Trinajstić information content (AvgIpc) is 3.05. The van der Waals surface area contributed by atoms with Crippen molar-refractivity contribution in [2.45, 2.75) is 20.3 Å². The molecule has 2 aromatic rings. The van der Waals surface area contributed by atoms with Crippen molar-refractivity contribution in [3.63, 3.8) is 0 Å². The van der Waals surface area contributed by atoms with Crippen LogP contribution in [0, 0.1) is 5.82 Å². The Labute approximate surface area is 188 Å². The fraction of sp³-hybridized carbons (Fsp3) is 0.360. The van der Waals surface area contributed by atoms with Gasteiger partial charge in [0.15, 0.2) is 0 Å². The van der Waals surface area contributed by atoms with Crippen LogP contribution in [0.25, 0.3) is 5.57 Å². The van der Waals surface area contributed by atoms with E-state index < -0.39 is 0 Å². The predicted molar refractivity (Wildman–Crippen MR) is 125 cm³/mol. The summed E-state index contributed by atoms with van der Waals surface area (Å²) >= 11 is 0. The van der Waals surface area contributed by atoms with Crippen LogP contribution < -0.4 is 10.2 Å². The van der Waals surface area contributed by atoms with Gasteiger partial charge in [-0.15, -0.1) is 0 Å². The van der Waals surface area contributed by atoms with Crippen molar-refractivity contribution in [1.82, 2.24) is 9.80 Å². The quantitative estimate of drug-likeness (QED) is 0.673. The highest BCUT2D eigenvalue weighted by Crippen LogP contribution is 2.31. The predicted octanol–water partition coefficient (Wildman–Crippen LogP) is 3.57. The average molecular weight is 437 g/mol. The number of halogens is 1. The molecule has 2 aromatic carbocycles. The van der Waals surface area contributed by atoms with Crippen molar-refractivity contribution in [2.24, 2.45) is 0 Å². The number of rotatable bonds is 7. The maximum Gasteiger partial charge on any atom is 0.278 e. The van der Waals surface area contributed by atoms with Crippen LogP contribution in [0.5, 0.6) is 0 Å². The second-order valence-corrected chi connectivity index (χ2v) is 8.11. The highest BCUT2D eigenvalue weighted by atomic mass is 19.1. The van der Waals surface area contributed by atoms with Crippen LogP contribution in [-0.2, 0) is 9.59 Å². The summed E-state index contributed by atoms with van der Waals surface area (Å²) in [6.07, 6.45) is 0.668. The van der Waals surface area contributed by atoms with E-state index in [-0.39, 0.29) is 28.9 Å². The number of imide groups is 1. The summed E-state index contributed by atoms with van der Waals surface area (Å²) in [7, 11) is 0. The molecule has 2 amide bonds. The zero-order valence-corrected chi connectivity index (χ0v) is 18.6. The third kappa shape index (κ3) is 4.39. The number of anilines is 2. The van der Waals surface area contributed by atoms with Crippen molar-refractivity contribution < 1.29 is 14.0 Å². The molecule has 2 aliphatic heterocycles. The van der Waals surface area contributed by atoms with Crippen LogP contribution in [-0.4, -0.2) is 60.9 Å². The molecule has 4 rings (SSSR count). The molecule has 0 saturated carbocycles. The molecule has 168 valence electrons. The maximum absolute atomic E-state index is 13.4. The van der Waals surface area contributed by atoms with Gasteiger partial charge < -0.3 is 15.1 Å². The molecule has 1 N–H and O–H groups in total. The van der Waals surface area contributed by atoms with Crippen LogP contribution in [0.1, 0.15) is 25.8 Å². The first-order valence-corrected chi connectivity index (χ1v) is 11.2. The molecule has 1 saturated heterocycles. The van der Waals surface area contributed by atoms with E-state index in [1.165, 1.54) is 29.2 Å². The lowest BCUT2D eigenvalue weighted by atomic mass is 10.0. The molecule has 0 atom stereocenters. The number of carbonyl (C=O) groups excluding carboxylic acids is 2. The highest BCUT2D eigenvalue weighted by Gasteiger charge is 2.38. The Morgan fingerprint density at radius 1 is 0.875 bits per heavy atom. The van der Waals surface area contributed by atoms with E-state index in [2.05, 4.69) is 22.0 Å². The molecule has 6 nitrogen and oxygen atoms in total. The van der Waals surface area contributed by atoms with Gasteiger partial charge >= 0.3 is 0 Å². The molecule has 0 bridgehead atoms. The zero-order valence-electron chi connectivity index (χ0n) is 18.6. The van der Waals surface area contributed by atoms with E-state index in [0.29, 0.717) is 18.5 Å². The number of nitrogens with zero attached hydrogens (tertiary/aromatic N) is 3. The van der Waals surface area contributed by atoms with Gasteiger partial charge in [-0.2, -0.15) is 0 Å². The number of carbonyl (C=O) groups is 2. The Balaban J connectivity index is 1.58. The van der Waals surface area contributed by atoms with E-state index in [0.717, 1.165) is 44.1 Å². The van der Waals surface area contributed by atoms with Gasteiger partial charge in [-0.05, 0) is 54.9 Å². The normalized spacial score (nSPS) is 17.5. The molecule has 0 aliphatic carbocycles. The number of benzene rings is 2. The standard InChI is InChI=1S/C25H29FN4O2/c1-3-13-30-24(31)22(18-5-7-19(26)8-6-18)23(25(30)32)27-20-9-11-21(12-10-20)29-16-14-28(4-2)15-17-29/h5-12,27H,3-4,13-17H2,1-2H3. The van der Waals surface area contributed by atoms with Crippen LogP contribution >= 0.6 is 0 Å². The third-order valence-corrected chi connectivity index (χ3v) is 6.07. The lowest BCUT2D eigenvalue weighted by Gasteiger charge is -2.35. The summed E-state index contributed by atoms with van der Waals surface area (Å²) < 4.78 is 13.4. The van der Waals surface area contributed by atoms with Gasteiger partial charge in [-0.25, -0.2) is 4.39 Å². The van der Waals surface area contributed by atoms with E-state index in [4.69, 9.17) is 0 Å². The molecule has 2 heterocycles. The fourth-order valence-electron chi connectivity index (χ4n) is 4.23. The molecular weight excluding hydrogens is 407 g/mol. The molecule has 32 heavy (non-hydrogen) atoms. The summed E-state index contributed by atoms with van der Waals surface area (Å²) in [5, 5.41) is 3.17. The third-order valence-electron chi connectivity index (χ3n) is 6.07. The van der Waals surface area contributed by atoms with Crippen molar-refractivity contribution in [2.75, 3.05) is 49.5 Å². The van der Waals surface area contributed by atoms with Gasteiger partial charge in [0.1, 0.15) is 11.5 Å². The van der Waals surface area contributed by atoms with Gasteiger partial charge in [0.2, 0.25) is 0 Å². The monoisotopic (exact) mass is 436 g/mol. The van der Waals surface area contributed by atoms with Gasteiger partial charge in [0.25, 0.3) is 11.8 Å². The highest BCUT2D eigenvalue weighted by molar-refractivity contribution is 6.36. The molecule has 0 aromatic heterocycles. The summed E-state index contributed by atoms with van der Waals surface area (Å²) in [6, 6.07) is 13.6. The fourth-order valence-corrected chi connectivity index (χ4v) is 4.23. The van der Waals surface area contributed by atoms with Crippen LogP contribution in [0.4, 0.5) is 15.8 Å². The number of nitrogens with one attached hydrogen (secondary N) is 1. The first-order valence-electron chi connectivity index (χ1n) is 11.2. The van der Waals surface area contributed by atoms with Gasteiger partial charge in [0.05, 0.1) is 5.57 Å². The second kappa shape index (κ2) is 9.53. The Morgan fingerprint density at radius 2 is 1.53 bits per heavy atom. The Hall–Kier alpha value is -3.19. The van der Waals surface area contributed by atoms with Crippen LogP contribution in [0.15, 0.2) is 54.2 Å². The molecule has 0 spiro atoms. The van der Waals surface area contributed by atoms with Crippen LogP contribution in [0.2, 0.25) is 0 Å². The summed E-state index contributed by atoms with van der Waals surface area (Å²) in [4.78, 5) is 32.1. The topological polar surface area (TPSA) is 55.9 Å². The maximum atomic E-state index is 13.4. The lowest BCUT2D eigenvalue weighted by Crippen LogP contribution is -2.46. The number of amides is 2. The summed E-state index contributed by atoms with van der Waals surface area (Å²) in [5.41, 5.74) is 2.91. The first kappa shape index (κ1) is 22.0. The minimum atomic E-state index is -0.388. The Kier molecular flexibility index (Phi) is 6.55. The zero-order chi connectivity index (χ0) is 22.7. The minimum Gasteiger partial charge on any atom is -0.369 e. The SMILES string of the molecule is CCCN1C(=O)C(Nc2ccc(N3CCN(CC)CC3)cc2)=C(c2ccc(F)cc2)C1=O. The number of hydrogen-bond donors (Lipinski definition) is 1. The molecule has 7 heteroatoms. The van der Waals surface area contributed by atoms with Crippen molar-refractivity contribution >= 4 is 28.8 Å². The summed E-state index contributed by atoms with van der Waals surface area (Å²) in [6.45, 7) is 9.59. The summed E-state index contributed by atoms with van der Waals surface area (Å²) in [5.74, 6) is -1.09. The first-order chi connectivity index (χ1) is 15.5. The van der Waals surface area contributed by atoms with E-state index >= 15 is 0 Å². The van der Waals surface area contributed by atoms with Crippen molar-refractivity contribution in [3.8, 4) is 0 Å². The Bertz CT molecular complexity index is 1010. The number of piperazine rings is 1. The van der Waals surface area contributed by atoms with Crippen LogP contribution in [0.3, 0.4) is 0 Å². The van der Waals surface area contributed by atoms with E-state index in [1.54, 1.807) is 0 Å². The lowest BCUT2D eigenvalue weighted by molar-refractivity contribution is -0.136. The van der Waals surface area contributed by atoms with Crippen molar-refractivity contribution in [1.29, 1.82) is 0 Å². The molecule has 0 unspecified atom stereocenters. The van der Waals surface area contributed by atoms with Crippen molar-refractivity contribution in [3.05, 3.63) is 65.6 Å². The number of hydrogen-bond acceptors (Lipinski definition) is 5. The molecule has 2 aliphatic rings. The van der Waals surface area contributed by atoms with Gasteiger partial charge in [0, 0.05) is 44.1 Å². The number of likely N-dealkylation sites (N-methyl/N-ethyl adjacent to an activating group) is 1. The van der Waals surface area contributed by atoms with E-state index in [1.807, 2.05) is 31.2 Å².